The maximum atomic E-state index is 14.4. The van der Waals surface area contributed by atoms with Crippen LogP contribution in [0.1, 0.15) is 24.1 Å². The van der Waals surface area contributed by atoms with E-state index >= 15 is 0 Å². The number of halogens is 4. The van der Waals surface area contributed by atoms with Gasteiger partial charge in [0.2, 0.25) is 5.95 Å². The first-order valence-corrected chi connectivity index (χ1v) is 12.8. The Balaban J connectivity index is 1.60. The molecule has 2 N–H and O–H groups in total. The number of carboxylic acid groups (broad SMARTS) is 1. The number of hydrogen-bond donors (Lipinski definition) is 2. The lowest BCUT2D eigenvalue weighted by Gasteiger charge is -2.33. The zero-order valence-corrected chi connectivity index (χ0v) is 22.5. The largest absolute Gasteiger partial charge is 0.480 e. The molecule has 40 heavy (non-hydrogen) atoms. The van der Waals surface area contributed by atoms with Crippen LogP contribution in [-0.2, 0) is 4.79 Å². The number of carboxylic acids is 1. The number of nitrogens with zero attached hydrogens (tertiary/aromatic N) is 5. The van der Waals surface area contributed by atoms with Crippen molar-refractivity contribution in [3.05, 3.63) is 76.8 Å². The number of hydrogen-bond acceptors (Lipinski definition) is 7. The van der Waals surface area contributed by atoms with Gasteiger partial charge in [0.1, 0.15) is 11.9 Å². The Bertz CT molecular complexity index is 1390. The zero-order chi connectivity index (χ0) is 28.8. The summed E-state index contributed by atoms with van der Waals surface area (Å²) >= 11 is 6.38. The molecule has 0 saturated carbocycles. The van der Waals surface area contributed by atoms with Crippen molar-refractivity contribution in [1.29, 1.82) is 0 Å². The third kappa shape index (κ3) is 6.78. The quantitative estimate of drug-likeness (QED) is 0.317. The lowest BCUT2D eigenvalue weighted by Crippen LogP contribution is -2.48. The second-order valence-corrected chi connectivity index (χ2v) is 9.77. The lowest BCUT2D eigenvalue weighted by molar-refractivity contribution is -0.138. The number of aromatic nitrogens is 2. The van der Waals surface area contributed by atoms with E-state index in [4.69, 9.17) is 16.7 Å². The minimum Gasteiger partial charge on any atom is -0.480 e. The molecule has 1 saturated heterocycles. The first-order valence-electron chi connectivity index (χ1n) is 12.5. The van der Waals surface area contributed by atoms with Crippen LogP contribution < -0.4 is 10.2 Å². The number of rotatable bonds is 10. The van der Waals surface area contributed by atoms with Crippen molar-refractivity contribution in [1.82, 2.24) is 20.2 Å². The monoisotopic (exact) mass is 572 g/mol. The summed E-state index contributed by atoms with van der Waals surface area (Å²) in [4.78, 5) is 27.8. The molecule has 0 unspecified atom stereocenters. The number of allylic oxidation sites excluding steroid dienone is 1. The van der Waals surface area contributed by atoms with Gasteiger partial charge in [-0.1, -0.05) is 35.9 Å². The van der Waals surface area contributed by atoms with Crippen LogP contribution in [0, 0.1) is 5.82 Å². The molecule has 0 radical (unpaired) electrons. The molecule has 210 valence electrons. The fourth-order valence-electron chi connectivity index (χ4n) is 4.51. The average molecular weight is 573 g/mol. The van der Waals surface area contributed by atoms with Crippen LogP contribution in [0.25, 0.3) is 16.8 Å². The van der Waals surface area contributed by atoms with Gasteiger partial charge in [0, 0.05) is 60.3 Å². The van der Waals surface area contributed by atoms with E-state index in [0.717, 1.165) is 6.07 Å². The maximum Gasteiger partial charge on any atom is 0.317 e. The Morgan fingerprint density at radius 2 is 1.80 bits per heavy atom. The Kier molecular flexibility index (Phi) is 9.38. The Labute approximate surface area is 234 Å². The highest BCUT2D eigenvalue weighted by Gasteiger charge is 2.28. The first kappa shape index (κ1) is 29.0. The van der Waals surface area contributed by atoms with Gasteiger partial charge in [-0.05, 0) is 37.4 Å². The number of nitrogens with one attached hydrogen (secondary N) is 1. The number of alkyl halides is 2. The van der Waals surface area contributed by atoms with Gasteiger partial charge in [-0.3, -0.25) is 14.7 Å². The predicted molar refractivity (Wildman–Crippen MR) is 150 cm³/mol. The van der Waals surface area contributed by atoms with Crippen LogP contribution in [0.2, 0.25) is 0 Å². The summed E-state index contributed by atoms with van der Waals surface area (Å²) in [6.07, 6.45) is 0.369. The normalized spacial score (nSPS) is 15.5. The minimum atomic E-state index is -2.93. The van der Waals surface area contributed by atoms with Crippen molar-refractivity contribution in [3.63, 3.8) is 0 Å². The predicted octanol–water partition coefficient (Wildman–Crippen LogP) is 5.34. The molecule has 0 spiro atoms. The summed E-state index contributed by atoms with van der Waals surface area (Å²) in [6.45, 7) is 7.49. The van der Waals surface area contributed by atoms with Crippen LogP contribution >= 0.6 is 11.6 Å². The van der Waals surface area contributed by atoms with E-state index in [9.17, 15) is 18.0 Å². The Morgan fingerprint density at radius 1 is 1.12 bits per heavy atom. The second kappa shape index (κ2) is 12.9. The Hall–Kier alpha value is -3.96. The van der Waals surface area contributed by atoms with Crippen molar-refractivity contribution < 1.29 is 23.1 Å². The molecule has 1 fully saturated rings. The van der Waals surface area contributed by atoms with Crippen LogP contribution in [0.3, 0.4) is 0 Å². The van der Waals surface area contributed by atoms with Crippen molar-refractivity contribution in [2.24, 2.45) is 4.99 Å². The molecule has 8 nitrogen and oxygen atoms in total. The fraction of sp³-hybridized carbons (Fsp3) is 0.286. The molecule has 2 aromatic carbocycles. The molecule has 0 bridgehead atoms. The molecule has 1 aromatic heterocycles. The van der Waals surface area contributed by atoms with Crippen LogP contribution in [-0.4, -0.2) is 71.8 Å². The van der Waals surface area contributed by atoms with E-state index < -0.39 is 24.3 Å². The summed E-state index contributed by atoms with van der Waals surface area (Å²) in [7, 11) is 0. The van der Waals surface area contributed by atoms with Gasteiger partial charge < -0.3 is 15.3 Å². The van der Waals surface area contributed by atoms with E-state index in [1.165, 1.54) is 18.2 Å². The molecule has 3 aromatic rings. The van der Waals surface area contributed by atoms with E-state index in [1.807, 2.05) is 9.80 Å². The molecule has 1 aliphatic heterocycles. The van der Waals surface area contributed by atoms with Crippen LogP contribution in [0.5, 0.6) is 0 Å². The molecule has 0 amide bonds. The summed E-state index contributed by atoms with van der Waals surface area (Å²) in [6, 6.07) is 8.85. The number of benzene rings is 2. The van der Waals surface area contributed by atoms with Crippen molar-refractivity contribution in [3.8, 4) is 11.1 Å². The number of piperazine rings is 1. The number of aliphatic carboxylic acids is 1. The number of anilines is 1. The summed E-state index contributed by atoms with van der Waals surface area (Å²) in [5, 5.41) is 11.9. The fourth-order valence-corrected chi connectivity index (χ4v) is 4.66. The average Bonchev–Trinajstić information content (AvgIpc) is 2.94. The van der Waals surface area contributed by atoms with E-state index in [1.54, 1.807) is 37.5 Å². The third-order valence-corrected chi connectivity index (χ3v) is 6.75. The van der Waals surface area contributed by atoms with Gasteiger partial charge >= 0.3 is 5.97 Å². The van der Waals surface area contributed by atoms with Crippen molar-refractivity contribution in [2.45, 2.75) is 19.4 Å². The highest BCUT2D eigenvalue weighted by atomic mass is 35.5. The molecular weight excluding hydrogens is 545 g/mol. The first-order chi connectivity index (χ1) is 19.2. The molecule has 0 aliphatic carbocycles. The molecule has 2 heterocycles. The van der Waals surface area contributed by atoms with Crippen LogP contribution in [0.15, 0.2) is 64.9 Å². The molecule has 1 aliphatic rings. The maximum absolute atomic E-state index is 14.4. The number of aliphatic imine (C=N–C) groups is 1. The van der Waals surface area contributed by atoms with Gasteiger partial charge in [0.25, 0.3) is 6.43 Å². The topological polar surface area (TPSA) is 94.0 Å². The SMILES string of the molecule is C=Nc1ccc(-c2cnc(N3CCN(CC(=O)O)CC3)nc2)cc1/C(N[C@@H](c1ccccc1F)C(F)F)=C(\C)Cl. The Morgan fingerprint density at radius 3 is 2.38 bits per heavy atom. The van der Waals surface area contributed by atoms with Crippen LogP contribution in [0.4, 0.5) is 24.8 Å². The van der Waals surface area contributed by atoms with Gasteiger partial charge in [-0.2, -0.15) is 0 Å². The summed E-state index contributed by atoms with van der Waals surface area (Å²) in [5.74, 6) is -1.10. The standard InChI is InChI=1S/C28H28ClF3N6O2/c1-17(29)25(36-26(27(31)32)20-5-3-4-6-22(20)30)21-13-18(7-8-23(21)33-2)19-14-34-28(35-15-19)38-11-9-37(10-12-38)16-24(39)40/h3-8,13-15,26-27,36H,2,9-12,16H2,1H3,(H,39,40)/b25-17-/t26-/m0/s1. The third-order valence-electron chi connectivity index (χ3n) is 6.56. The summed E-state index contributed by atoms with van der Waals surface area (Å²) in [5.41, 5.74) is 2.11. The molecule has 1 atom stereocenters. The van der Waals surface area contributed by atoms with E-state index in [0.29, 0.717) is 54.5 Å². The molecular formula is C28H28ClF3N6O2. The van der Waals surface area contributed by atoms with Gasteiger partial charge in [-0.15, -0.1) is 0 Å². The zero-order valence-electron chi connectivity index (χ0n) is 21.7. The lowest BCUT2D eigenvalue weighted by atomic mass is 10.00. The highest BCUT2D eigenvalue weighted by molar-refractivity contribution is 6.32. The van der Waals surface area contributed by atoms with Gasteiger partial charge in [0.05, 0.1) is 17.9 Å². The summed E-state index contributed by atoms with van der Waals surface area (Å²) < 4.78 is 42.7. The van der Waals surface area contributed by atoms with E-state index in [2.05, 4.69) is 27.0 Å². The smallest absolute Gasteiger partial charge is 0.317 e. The highest BCUT2D eigenvalue weighted by Crippen LogP contribution is 2.35. The number of carbonyl (C=O) groups is 1. The van der Waals surface area contributed by atoms with Crippen molar-refractivity contribution >= 4 is 41.6 Å². The minimum absolute atomic E-state index is 0.00303. The molecule has 12 heteroatoms. The van der Waals surface area contributed by atoms with Crippen molar-refractivity contribution in [2.75, 3.05) is 37.6 Å². The van der Waals surface area contributed by atoms with Gasteiger partial charge in [0.15, 0.2) is 0 Å². The molecule has 4 rings (SSSR count). The van der Waals surface area contributed by atoms with E-state index in [-0.39, 0.29) is 22.8 Å². The van der Waals surface area contributed by atoms with Gasteiger partial charge in [-0.25, -0.2) is 23.1 Å². The second-order valence-electron chi connectivity index (χ2n) is 9.21.